The fraction of sp³-hybridized carbons (Fsp3) is 0.296. The summed E-state index contributed by atoms with van der Waals surface area (Å²) in [6.07, 6.45) is 1.88. The van der Waals surface area contributed by atoms with Crippen LogP contribution in [-0.4, -0.2) is 43.3 Å². The molecule has 6 rings (SSSR count). The van der Waals surface area contributed by atoms with Gasteiger partial charge in [0.1, 0.15) is 22.0 Å². The van der Waals surface area contributed by atoms with Crippen molar-refractivity contribution in [3.8, 4) is 5.75 Å². The number of hydrogen-bond donors (Lipinski definition) is 1. The third-order valence-electron chi connectivity index (χ3n) is 7.49. The van der Waals surface area contributed by atoms with Crippen molar-refractivity contribution in [3.05, 3.63) is 99.0 Å². The molecule has 8 heteroatoms. The highest BCUT2D eigenvalue weighted by Crippen LogP contribution is 2.66. The van der Waals surface area contributed by atoms with Gasteiger partial charge < -0.3 is 9.84 Å². The Hall–Kier alpha value is -2.03. The van der Waals surface area contributed by atoms with Crippen molar-refractivity contribution < 1.29 is 18.8 Å². The number of aliphatic hydroxyl groups is 1. The molecule has 0 aromatic heterocycles. The molecule has 5 nitrogen and oxygen atoms in total. The molecule has 0 radical (unpaired) electrons. The zero-order valence-electron chi connectivity index (χ0n) is 18.7. The van der Waals surface area contributed by atoms with Crippen LogP contribution in [0.15, 0.2) is 77.3 Å². The molecular formula is C27H23BrClNO4S. The van der Waals surface area contributed by atoms with E-state index in [1.807, 2.05) is 58.9 Å². The zero-order valence-corrected chi connectivity index (χ0v) is 21.9. The SMILES string of the molecule is O=C1c2ccc(Cl)cc2OC2(c3ccc(Br)cc3)C(c3ccccc3)C(S(=O)N3CCCC3)C12O. The molecule has 180 valence electrons. The van der Waals surface area contributed by atoms with Gasteiger partial charge >= 0.3 is 0 Å². The van der Waals surface area contributed by atoms with E-state index in [2.05, 4.69) is 15.9 Å². The van der Waals surface area contributed by atoms with Gasteiger partial charge in [-0.1, -0.05) is 70.0 Å². The van der Waals surface area contributed by atoms with Gasteiger partial charge in [-0.25, -0.2) is 8.51 Å². The van der Waals surface area contributed by atoms with Crippen molar-refractivity contribution >= 4 is 44.3 Å². The molecule has 1 saturated heterocycles. The van der Waals surface area contributed by atoms with E-state index < -0.39 is 39.1 Å². The maximum absolute atomic E-state index is 14.1. The Morgan fingerprint density at radius 1 is 1.03 bits per heavy atom. The second-order valence-electron chi connectivity index (χ2n) is 9.30. The second kappa shape index (κ2) is 8.53. The summed E-state index contributed by atoms with van der Waals surface area (Å²) in [6.45, 7) is 1.35. The van der Waals surface area contributed by atoms with Crippen LogP contribution in [0.5, 0.6) is 5.75 Å². The summed E-state index contributed by atoms with van der Waals surface area (Å²) >= 11 is 9.75. The van der Waals surface area contributed by atoms with Gasteiger partial charge in [0.2, 0.25) is 5.78 Å². The van der Waals surface area contributed by atoms with E-state index in [9.17, 15) is 14.1 Å². The number of hydrogen-bond acceptors (Lipinski definition) is 4. The van der Waals surface area contributed by atoms with Gasteiger partial charge in [-0.15, -0.1) is 0 Å². The summed E-state index contributed by atoms with van der Waals surface area (Å²) in [7, 11) is -1.60. The Kier molecular flexibility index (Phi) is 5.69. The quantitative estimate of drug-likeness (QED) is 0.465. The van der Waals surface area contributed by atoms with E-state index in [4.69, 9.17) is 16.3 Å². The van der Waals surface area contributed by atoms with Crippen LogP contribution in [0.25, 0.3) is 0 Å². The van der Waals surface area contributed by atoms with Crippen LogP contribution < -0.4 is 4.74 Å². The number of halogens is 2. The molecule has 1 N–H and O–H groups in total. The highest BCUT2D eigenvalue weighted by atomic mass is 79.9. The number of fused-ring (bicyclic) bond motifs is 2. The van der Waals surface area contributed by atoms with E-state index in [0.29, 0.717) is 29.4 Å². The van der Waals surface area contributed by atoms with Crippen molar-refractivity contribution in [2.75, 3.05) is 13.1 Å². The minimum atomic E-state index is -2.03. The maximum Gasteiger partial charge on any atom is 0.203 e. The van der Waals surface area contributed by atoms with Gasteiger partial charge in [-0.3, -0.25) is 4.79 Å². The molecular weight excluding hydrogens is 550 g/mol. The summed E-state index contributed by atoms with van der Waals surface area (Å²) in [4.78, 5) is 14.1. The number of rotatable bonds is 4. The fourth-order valence-electron chi connectivity index (χ4n) is 5.91. The van der Waals surface area contributed by atoms with Gasteiger partial charge in [-0.05, 0) is 54.3 Å². The number of carbonyl (C=O) groups is 1. The Labute approximate surface area is 219 Å². The number of ether oxygens (including phenoxy) is 1. The number of Topliss-reactive ketones (excluding diaryl/α,β-unsaturated/α-hetero) is 1. The minimum absolute atomic E-state index is 0.250. The Balaban J connectivity index is 1.63. The largest absolute Gasteiger partial charge is 0.477 e. The van der Waals surface area contributed by atoms with Gasteiger partial charge in [0, 0.05) is 22.6 Å². The average molecular weight is 573 g/mol. The summed E-state index contributed by atoms with van der Waals surface area (Å²) in [5.74, 6) is -0.697. The van der Waals surface area contributed by atoms with Crippen LogP contribution in [0.1, 0.15) is 40.2 Å². The Bertz CT molecular complexity index is 1330. The van der Waals surface area contributed by atoms with Gasteiger partial charge in [-0.2, -0.15) is 0 Å². The Morgan fingerprint density at radius 2 is 1.71 bits per heavy atom. The lowest BCUT2D eigenvalue weighted by Crippen LogP contribution is -2.83. The molecule has 2 heterocycles. The van der Waals surface area contributed by atoms with E-state index in [1.54, 1.807) is 18.2 Å². The first kappa shape index (κ1) is 23.4. The standard InChI is InChI=1S/C27H23BrClNO4S/c28-19-10-8-18(9-11-19)27-23(17-6-2-1-3-7-17)25(35(33)30-14-4-5-15-30)26(27,32)24(31)21-13-12-20(29)16-22(21)34-27/h1-3,6-13,16,23,25,32H,4-5,14-15H2. The second-order valence-corrected chi connectivity index (χ2v) is 12.2. The predicted octanol–water partition coefficient (Wildman–Crippen LogP) is 5.23. The first-order valence-corrected chi connectivity index (χ1v) is 13.9. The molecule has 5 unspecified atom stereocenters. The molecule has 3 aromatic rings. The van der Waals surface area contributed by atoms with Crippen LogP contribution in [0.2, 0.25) is 5.02 Å². The zero-order chi connectivity index (χ0) is 24.4. The lowest BCUT2D eigenvalue weighted by Gasteiger charge is -2.66. The van der Waals surface area contributed by atoms with E-state index >= 15 is 0 Å². The normalized spacial score (nSPS) is 30.7. The number of nitrogens with zero attached hydrogens (tertiary/aromatic N) is 1. The average Bonchev–Trinajstić information content (AvgIpc) is 3.40. The summed E-state index contributed by atoms with van der Waals surface area (Å²) in [6, 6.07) is 21.8. The number of carbonyl (C=O) groups excluding carboxylic acids is 1. The first-order valence-electron chi connectivity index (χ1n) is 11.6. The lowest BCUT2D eigenvalue weighted by atomic mass is 9.49. The van der Waals surface area contributed by atoms with E-state index in [0.717, 1.165) is 22.9 Å². The van der Waals surface area contributed by atoms with Crippen molar-refractivity contribution in [2.24, 2.45) is 0 Å². The molecule has 3 aromatic carbocycles. The number of benzene rings is 3. The first-order chi connectivity index (χ1) is 16.9. The maximum atomic E-state index is 14.1. The van der Waals surface area contributed by atoms with Gasteiger partial charge in [0.15, 0.2) is 11.2 Å². The van der Waals surface area contributed by atoms with Gasteiger partial charge in [0.25, 0.3) is 0 Å². The molecule has 0 amide bonds. The molecule has 0 spiro atoms. The highest BCUT2D eigenvalue weighted by Gasteiger charge is 2.82. The molecule has 5 atom stereocenters. The summed E-state index contributed by atoms with van der Waals surface area (Å²) in [5.41, 5.74) is -1.75. The third kappa shape index (κ3) is 3.25. The Morgan fingerprint density at radius 3 is 2.40 bits per heavy atom. The van der Waals surface area contributed by atoms with E-state index in [-0.39, 0.29) is 5.56 Å². The monoisotopic (exact) mass is 571 g/mol. The lowest BCUT2D eigenvalue weighted by molar-refractivity contribution is -0.202. The fourth-order valence-corrected chi connectivity index (χ4v) is 8.43. The van der Waals surface area contributed by atoms with Crippen molar-refractivity contribution in [3.63, 3.8) is 0 Å². The smallest absolute Gasteiger partial charge is 0.203 e. The van der Waals surface area contributed by atoms with Crippen molar-refractivity contribution in [1.82, 2.24) is 4.31 Å². The van der Waals surface area contributed by atoms with Crippen LogP contribution >= 0.6 is 27.5 Å². The molecule has 2 aliphatic heterocycles. The minimum Gasteiger partial charge on any atom is -0.477 e. The van der Waals surface area contributed by atoms with Crippen LogP contribution in [0, 0.1) is 0 Å². The molecule has 2 fully saturated rings. The topological polar surface area (TPSA) is 66.8 Å². The summed E-state index contributed by atoms with van der Waals surface area (Å²) in [5, 5.41) is 12.0. The van der Waals surface area contributed by atoms with Crippen LogP contribution in [-0.2, 0) is 16.6 Å². The molecule has 1 saturated carbocycles. The van der Waals surface area contributed by atoms with E-state index in [1.165, 1.54) is 0 Å². The van der Waals surface area contributed by atoms with Crippen LogP contribution in [0.4, 0.5) is 0 Å². The van der Waals surface area contributed by atoms with Crippen molar-refractivity contribution in [1.29, 1.82) is 0 Å². The molecule has 0 bridgehead atoms. The predicted molar refractivity (Wildman–Crippen MR) is 139 cm³/mol. The van der Waals surface area contributed by atoms with Gasteiger partial charge in [0.05, 0.1) is 11.5 Å². The molecule has 1 aliphatic carbocycles. The molecule has 35 heavy (non-hydrogen) atoms. The van der Waals surface area contributed by atoms with Crippen LogP contribution in [0.3, 0.4) is 0 Å². The number of ketones is 1. The highest BCUT2D eigenvalue weighted by molar-refractivity contribution is 9.10. The molecule has 3 aliphatic rings. The van der Waals surface area contributed by atoms with Crippen molar-refractivity contribution in [2.45, 2.75) is 35.2 Å². The third-order valence-corrected chi connectivity index (χ3v) is 10.2. The summed E-state index contributed by atoms with van der Waals surface area (Å²) < 4.78 is 23.5.